The lowest BCUT2D eigenvalue weighted by Gasteiger charge is -2.29. The Bertz CT molecular complexity index is 418. The maximum absolute atomic E-state index is 12.3. The lowest BCUT2D eigenvalue weighted by atomic mass is 10.1. The van der Waals surface area contributed by atoms with Gasteiger partial charge in [-0.05, 0) is 38.3 Å². The molecule has 2 nitrogen and oxygen atoms in total. The number of likely N-dealkylation sites (tertiary alicyclic amines) is 1. The Balaban J connectivity index is 1.96. The molecule has 18 heavy (non-hydrogen) atoms. The van der Waals surface area contributed by atoms with Gasteiger partial charge in [-0.3, -0.25) is 4.79 Å². The van der Waals surface area contributed by atoms with E-state index in [1.807, 2.05) is 36.1 Å². The van der Waals surface area contributed by atoms with E-state index in [4.69, 9.17) is 11.6 Å². The molecular formula is C14H18ClNOS. The Hall–Kier alpha value is -0.670. The molecule has 1 unspecified atom stereocenters. The van der Waals surface area contributed by atoms with Crippen LogP contribution in [0.25, 0.3) is 0 Å². The van der Waals surface area contributed by atoms with Gasteiger partial charge in [0.05, 0.1) is 10.3 Å². The van der Waals surface area contributed by atoms with E-state index in [0.29, 0.717) is 0 Å². The molecule has 1 aliphatic heterocycles. The SMILES string of the molecule is CC(Sc1ccccc1Cl)C(=O)N1CCCCC1. The molecule has 1 aromatic rings. The number of benzene rings is 1. The van der Waals surface area contributed by atoms with Crippen LogP contribution in [0.2, 0.25) is 5.02 Å². The Labute approximate surface area is 118 Å². The zero-order valence-electron chi connectivity index (χ0n) is 10.6. The minimum absolute atomic E-state index is 0.0667. The van der Waals surface area contributed by atoms with Gasteiger partial charge in [-0.15, -0.1) is 11.8 Å². The fraction of sp³-hybridized carbons (Fsp3) is 0.500. The number of carbonyl (C=O) groups excluding carboxylic acids is 1. The first-order chi connectivity index (χ1) is 8.68. The number of nitrogens with zero attached hydrogens (tertiary/aromatic N) is 1. The van der Waals surface area contributed by atoms with Gasteiger partial charge >= 0.3 is 0 Å². The van der Waals surface area contributed by atoms with Crippen molar-refractivity contribution in [2.45, 2.75) is 36.3 Å². The number of thioether (sulfide) groups is 1. The largest absolute Gasteiger partial charge is 0.342 e. The molecule has 0 N–H and O–H groups in total. The van der Waals surface area contributed by atoms with Crippen LogP contribution in [-0.4, -0.2) is 29.1 Å². The van der Waals surface area contributed by atoms with Crippen molar-refractivity contribution in [1.29, 1.82) is 0 Å². The smallest absolute Gasteiger partial charge is 0.235 e. The third-order valence-corrected chi connectivity index (χ3v) is 4.76. The van der Waals surface area contributed by atoms with E-state index in [2.05, 4.69) is 0 Å². The summed E-state index contributed by atoms with van der Waals surface area (Å²) in [5, 5.41) is 0.656. The van der Waals surface area contributed by atoms with Crippen LogP contribution in [-0.2, 0) is 4.79 Å². The summed E-state index contributed by atoms with van der Waals surface area (Å²) in [6.45, 7) is 3.78. The second kappa shape index (κ2) is 6.48. The van der Waals surface area contributed by atoms with Crippen molar-refractivity contribution in [3.8, 4) is 0 Å². The topological polar surface area (TPSA) is 20.3 Å². The van der Waals surface area contributed by atoms with Gasteiger partial charge in [0.1, 0.15) is 0 Å². The van der Waals surface area contributed by atoms with Crippen LogP contribution in [0.3, 0.4) is 0 Å². The highest BCUT2D eigenvalue weighted by Crippen LogP contribution is 2.31. The van der Waals surface area contributed by atoms with Crippen molar-refractivity contribution in [2.24, 2.45) is 0 Å². The molecule has 0 saturated carbocycles. The zero-order chi connectivity index (χ0) is 13.0. The van der Waals surface area contributed by atoms with E-state index in [9.17, 15) is 4.79 Å². The molecular weight excluding hydrogens is 266 g/mol. The van der Waals surface area contributed by atoms with Crippen molar-refractivity contribution in [2.75, 3.05) is 13.1 Å². The first kappa shape index (κ1) is 13.8. The summed E-state index contributed by atoms with van der Waals surface area (Å²) in [6.07, 6.45) is 3.51. The number of piperidine rings is 1. The average Bonchev–Trinajstić information content (AvgIpc) is 2.41. The van der Waals surface area contributed by atoms with E-state index in [1.54, 1.807) is 11.8 Å². The molecule has 1 heterocycles. The number of hydrogen-bond acceptors (Lipinski definition) is 2. The zero-order valence-corrected chi connectivity index (χ0v) is 12.1. The third-order valence-electron chi connectivity index (χ3n) is 3.16. The molecule has 1 fully saturated rings. The van der Waals surface area contributed by atoms with Crippen molar-refractivity contribution in [3.05, 3.63) is 29.3 Å². The lowest BCUT2D eigenvalue weighted by Crippen LogP contribution is -2.40. The standard InChI is InChI=1S/C14H18ClNOS/c1-11(14(17)16-9-5-2-6-10-16)18-13-8-4-3-7-12(13)15/h3-4,7-8,11H,2,5-6,9-10H2,1H3. The summed E-state index contributed by atoms with van der Waals surface area (Å²) in [6, 6.07) is 7.69. The fourth-order valence-corrected chi connectivity index (χ4v) is 3.39. The number of carbonyl (C=O) groups is 1. The number of amides is 1. The first-order valence-electron chi connectivity index (χ1n) is 6.38. The molecule has 98 valence electrons. The monoisotopic (exact) mass is 283 g/mol. The van der Waals surface area contributed by atoms with Gasteiger partial charge in [0.2, 0.25) is 5.91 Å². The molecule has 1 saturated heterocycles. The Kier molecular flexibility index (Phi) is 4.95. The van der Waals surface area contributed by atoms with E-state index in [-0.39, 0.29) is 11.2 Å². The van der Waals surface area contributed by atoms with Crippen molar-refractivity contribution < 1.29 is 4.79 Å². The van der Waals surface area contributed by atoms with Crippen LogP contribution in [0, 0.1) is 0 Å². The van der Waals surface area contributed by atoms with E-state index in [1.165, 1.54) is 6.42 Å². The van der Waals surface area contributed by atoms with E-state index in [0.717, 1.165) is 35.8 Å². The van der Waals surface area contributed by atoms with Gasteiger partial charge in [-0.25, -0.2) is 0 Å². The summed E-state index contributed by atoms with van der Waals surface area (Å²) < 4.78 is 0. The molecule has 2 rings (SSSR count). The number of rotatable bonds is 3. The Morgan fingerprint density at radius 3 is 2.61 bits per heavy atom. The molecule has 0 bridgehead atoms. The lowest BCUT2D eigenvalue weighted by molar-refractivity contribution is -0.131. The van der Waals surface area contributed by atoms with E-state index >= 15 is 0 Å². The van der Waals surface area contributed by atoms with Gasteiger partial charge in [0.25, 0.3) is 0 Å². The maximum atomic E-state index is 12.3. The molecule has 1 amide bonds. The highest BCUT2D eigenvalue weighted by atomic mass is 35.5. The minimum atomic E-state index is -0.0667. The normalized spacial score (nSPS) is 17.6. The fourth-order valence-electron chi connectivity index (χ4n) is 2.15. The summed E-state index contributed by atoms with van der Waals surface area (Å²) >= 11 is 7.66. The van der Waals surface area contributed by atoms with Crippen LogP contribution in [0.1, 0.15) is 26.2 Å². The predicted octanol–water partition coefficient (Wildman–Crippen LogP) is 3.83. The average molecular weight is 284 g/mol. The predicted molar refractivity (Wildman–Crippen MR) is 77.2 cm³/mol. The van der Waals surface area contributed by atoms with Crippen molar-refractivity contribution >= 4 is 29.3 Å². The highest BCUT2D eigenvalue weighted by Gasteiger charge is 2.23. The van der Waals surface area contributed by atoms with Gasteiger partial charge in [-0.1, -0.05) is 23.7 Å². The van der Waals surface area contributed by atoms with E-state index < -0.39 is 0 Å². The van der Waals surface area contributed by atoms with Crippen LogP contribution in [0.5, 0.6) is 0 Å². The number of hydrogen-bond donors (Lipinski definition) is 0. The second-order valence-corrected chi connectivity index (χ2v) is 6.37. The van der Waals surface area contributed by atoms with Crippen molar-refractivity contribution in [3.63, 3.8) is 0 Å². The molecule has 0 aromatic heterocycles. The van der Waals surface area contributed by atoms with Gasteiger partial charge < -0.3 is 4.90 Å². The molecule has 0 spiro atoms. The molecule has 1 atom stereocenters. The summed E-state index contributed by atoms with van der Waals surface area (Å²) in [5.74, 6) is 0.236. The van der Waals surface area contributed by atoms with Gasteiger partial charge in [0.15, 0.2) is 0 Å². The quantitative estimate of drug-likeness (QED) is 0.786. The molecule has 0 radical (unpaired) electrons. The molecule has 4 heteroatoms. The molecule has 1 aromatic carbocycles. The molecule has 0 aliphatic carbocycles. The Morgan fingerprint density at radius 2 is 1.94 bits per heavy atom. The minimum Gasteiger partial charge on any atom is -0.342 e. The number of halogens is 1. The summed E-state index contributed by atoms with van der Waals surface area (Å²) in [7, 11) is 0. The summed E-state index contributed by atoms with van der Waals surface area (Å²) in [4.78, 5) is 15.2. The van der Waals surface area contributed by atoms with Crippen LogP contribution < -0.4 is 0 Å². The summed E-state index contributed by atoms with van der Waals surface area (Å²) in [5.41, 5.74) is 0. The third kappa shape index (κ3) is 3.42. The second-order valence-electron chi connectivity index (χ2n) is 4.58. The van der Waals surface area contributed by atoms with Gasteiger partial charge in [-0.2, -0.15) is 0 Å². The van der Waals surface area contributed by atoms with Gasteiger partial charge in [0, 0.05) is 18.0 Å². The maximum Gasteiger partial charge on any atom is 0.235 e. The highest BCUT2D eigenvalue weighted by molar-refractivity contribution is 8.00. The molecule has 1 aliphatic rings. The van der Waals surface area contributed by atoms with Crippen LogP contribution in [0.4, 0.5) is 0 Å². The van der Waals surface area contributed by atoms with Crippen LogP contribution in [0.15, 0.2) is 29.2 Å². The first-order valence-corrected chi connectivity index (χ1v) is 7.64. The van der Waals surface area contributed by atoms with Crippen LogP contribution >= 0.6 is 23.4 Å². The van der Waals surface area contributed by atoms with Crippen molar-refractivity contribution in [1.82, 2.24) is 4.90 Å². The Morgan fingerprint density at radius 1 is 1.28 bits per heavy atom.